The molecular formula is C22H27N7O4. The molecule has 3 heterocycles. The number of nitro groups is 1. The maximum atomic E-state index is 11.0. The van der Waals surface area contributed by atoms with Crippen molar-refractivity contribution >= 4 is 28.5 Å². The maximum absolute atomic E-state index is 11.0. The number of hydrogen-bond acceptors (Lipinski definition) is 9. The molecule has 11 nitrogen and oxygen atoms in total. The molecule has 1 aliphatic heterocycles. The van der Waals surface area contributed by atoms with E-state index in [0.717, 1.165) is 23.8 Å². The molecule has 11 heteroatoms. The first-order chi connectivity index (χ1) is 16.0. The van der Waals surface area contributed by atoms with Crippen molar-refractivity contribution < 1.29 is 14.4 Å². The maximum Gasteiger partial charge on any atom is 0.269 e. The van der Waals surface area contributed by atoms with E-state index in [9.17, 15) is 10.1 Å². The van der Waals surface area contributed by atoms with Gasteiger partial charge in [-0.05, 0) is 31.2 Å². The largest absolute Gasteiger partial charge is 0.376 e. The number of rotatable bonds is 8. The van der Waals surface area contributed by atoms with Gasteiger partial charge < -0.3 is 20.1 Å². The van der Waals surface area contributed by atoms with Crippen LogP contribution in [0, 0.1) is 10.1 Å². The predicted molar refractivity (Wildman–Crippen MR) is 122 cm³/mol. The van der Waals surface area contributed by atoms with E-state index >= 15 is 0 Å². The first-order valence-corrected chi connectivity index (χ1v) is 11.2. The van der Waals surface area contributed by atoms with Crippen molar-refractivity contribution in [3.63, 3.8) is 0 Å². The topological polar surface area (TPSA) is 129 Å². The van der Waals surface area contributed by atoms with E-state index in [0.29, 0.717) is 50.1 Å². The summed E-state index contributed by atoms with van der Waals surface area (Å²) in [5, 5.41) is 22.8. The van der Waals surface area contributed by atoms with Gasteiger partial charge in [-0.15, -0.1) is 0 Å². The van der Waals surface area contributed by atoms with E-state index < -0.39 is 0 Å². The third-order valence-corrected chi connectivity index (χ3v) is 6.26. The van der Waals surface area contributed by atoms with E-state index in [2.05, 4.69) is 25.7 Å². The van der Waals surface area contributed by atoms with Crippen LogP contribution in [-0.4, -0.2) is 62.7 Å². The molecule has 0 bridgehead atoms. The summed E-state index contributed by atoms with van der Waals surface area (Å²) in [6.45, 7) is 2.36. The lowest BCUT2D eigenvalue weighted by atomic mass is 9.80. The van der Waals surface area contributed by atoms with E-state index in [4.69, 9.17) is 9.47 Å². The second kappa shape index (κ2) is 8.91. The van der Waals surface area contributed by atoms with Gasteiger partial charge in [0.25, 0.3) is 5.69 Å². The minimum atomic E-state index is -0.387. The molecule has 0 amide bonds. The van der Waals surface area contributed by atoms with Crippen LogP contribution in [0.2, 0.25) is 0 Å². The Labute approximate surface area is 190 Å². The molecule has 1 unspecified atom stereocenters. The van der Waals surface area contributed by atoms with Crippen molar-refractivity contribution in [2.75, 3.05) is 36.9 Å². The third kappa shape index (κ3) is 4.60. The molecule has 33 heavy (non-hydrogen) atoms. The molecule has 2 N–H and O–H groups in total. The normalized spacial score (nSPS) is 19.4. The Morgan fingerprint density at radius 2 is 2.18 bits per heavy atom. The highest BCUT2D eigenvalue weighted by molar-refractivity contribution is 5.87. The fraction of sp³-hybridized carbons (Fsp3) is 0.500. The zero-order valence-corrected chi connectivity index (χ0v) is 18.5. The summed E-state index contributed by atoms with van der Waals surface area (Å²) in [6.07, 6.45) is 5.62. The summed E-state index contributed by atoms with van der Waals surface area (Å²) in [6, 6.07) is 6.63. The summed E-state index contributed by atoms with van der Waals surface area (Å²) < 4.78 is 13.8. The molecular weight excluding hydrogens is 426 g/mol. The van der Waals surface area contributed by atoms with Gasteiger partial charge >= 0.3 is 0 Å². The molecule has 5 rings (SSSR count). The summed E-state index contributed by atoms with van der Waals surface area (Å²) in [7, 11) is 1.84. The Morgan fingerprint density at radius 3 is 2.97 bits per heavy atom. The van der Waals surface area contributed by atoms with Gasteiger partial charge in [-0.25, -0.2) is 0 Å². The van der Waals surface area contributed by atoms with E-state index in [1.54, 1.807) is 23.0 Å². The minimum absolute atomic E-state index is 0.0361. The highest BCUT2D eigenvalue weighted by Crippen LogP contribution is 2.39. The second-order valence-electron chi connectivity index (χ2n) is 8.68. The molecule has 0 radical (unpaired) electrons. The fourth-order valence-corrected chi connectivity index (χ4v) is 4.32. The Hall–Kier alpha value is -3.31. The number of benzene rings is 1. The van der Waals surface area contributed by atoms with Crippen LogP contribution in [0.15, 0.2) is 30.5 Å². The van der Waals surface area contributed by atoms with Crippen LogP contribution in [0.1, 0.15) is 24.8 Å². The molecule has 1 spiro atoms. The molecule has 1 atom stereocenters. The first-order valence-electron chi connectivity index (χ1n) is 11.2. The van der Waals surface area contributed by atoms with Gasteiger partial charge in [0, 0.05) is 32.3 Å². The number of aromatic nitrogens is 4. The molecule has 1 saturated carbocycles. The number of aryl methyl sites for hydroxylation is 1. The summed E-state index contributed by atoms with van der Waals surface area (Å²) >= 11 is 0. The zero-order chi connectivity index (χ0) is 22.8. The molecule has 174 valence electrons. The third-order valence-electron chi connectivity index (χ3n) is 6.26. The van der Waals surface area contributed by atoms with Gasteiger partial charge in [0.05, 0.1) is 41.4 Å². The van der Waals surface area contributed by atoms with Crippen LogP contribution < -0.4 is 10.6 Å². The Balaban J connectivity index is 1.26. The lowest BCUT2D eigenvalue weighted by Crippen LogP contribution is -2.53. The van der Waals surface area contributed by atoms with Crippen LogP contribution >= 0.6 is 0 Å². The lowest BCUT2D eigenvalue weighted by Gasteiger charge is -2.47. The number of hydrogen-bond donors (Lipinski definition) is 2. The molecule has 2 aromatic heterocycles. The number of nitrogens with one attached hydrogen (secondary N) is 2. The first kappa shape index (κ1) is 21.5. The van der Waals surface area contributed by atoms with Gasteiger partial charge in [0.2, 0.25) is 5.95 Å². The Bertz CT molecular complexity index is 1160. The number of nitrogens with zero attached hydrogens (tertiary/aromatic N) is 5. The van der Waals surface area contributed by atoms with E-state index in [1.807, 2.05) is 13.1 Å². The van der Waals surface area contributed by atoms with Gasteiger partial charge in [-0.3, -0.25) is 14.8 Å². The quantitative estimate of drug-likeness (QED) is 0.390. The molecule has 1 aliphatic carbocycles. The molecule has 1 saturated heterocycles. The average Bonchev–Trinajstić information content (AvgIpc) is 3.17. The predicted octanol–water partition coefficient (Wildman–Crippen LogP) is 2.68. The van der Waals surface area contributed by atoms with Crippen molar-refractivity contribution in [1.29, 1.82) is 0 Å². The summed E-state index contributed by atoms with van der Waals surface area (Å²) in [4.78, 5) is 19.8. The highest BCUT2D eigenvalue weighted by Gasteiger charge is 2.43. The molecule has 3 aromatic rings. The summed E-state index contributed by atoms with van der Waals surface area (Å²) in [5.41, 5.74) is 1.57. The van der Waals surface area contributed by atoms with Gasteiger partial charge in [0.15, 0.2) is 5.65 Å². The van der Waals surface area contributed by atoms with Crippen LogP contribution in [0.25, 0.3) is 11.0 Å². The van der Waals surface area contributed by atoms with Crippen molar-refractivity contribution in [3.05, 3.63) is 46.1 Å². The number of anilines is 2. The minimum Gasteiger partial charge on any atom is -0.376 e. The van der Waals surface area contributed by atoms with Gasteiger partial charge in [-0.1, -0.05) is 12.1 Å². The van der Waals surface area contributed by atoms with E-state index in [1.165, 1.54) is 12.5 Å². The lowest BCUT2D eigenvalue weighted by molar-refractivity contribution is -0.384. The van der Waals surface area contributed by atoms with Gasteiger partial charge in [0.1, 0.15) is 5.82 Å². The number of ether oxygens (including phenoxy) is 2. The SMILES string of the molecule is Cn1ncc2c(NCC3COCC4(CCC4)O3)nc(NCCc3cccc([N+](=O)[O-])c3)nc21. The molecule has 2 aliphatic rings. The summed E-state index contributed by atoms with van der Waals surface area (Å²) in [5.74, 6) is 1.15. The van der Waals surface area contributed by atoms with Crippen molar-refractivity contribution in [2.45, 2.75) is 37.4 Å². The zero-order valence-electron chi connectivity index (χ0n) is 18.5. The molecule has 2 fully saturated rings. The molecule has 1 aromatic carbocycles. The van der Waals surface area contributed by atoms with Crippen LogP contribution in [0.5, 0.6) is 0 Å². The Kier molecular flexibility index (Phi) is 5.81. The monoisotopic (exact) mass is 453 g/mol. The van der Waals surface area contributed by atoms with Crippen LogP contribution in [-0.2, 0) is 22.9 Å². The average molecular weight is 454 g/mol. The van der Waals surface area contributed by atoms with Crippen LogP contribution in [0.4, 0.5) is 17.5 Å². The van der Waals surface area contributed by atoms with Crippen molar-refractivity contribution in [3.8, 4) is 0 Å². The smallest absolute Gasteiger partial charge is 0.269 e. The number of nitro benzene ring substituents is 1. The fourth-order valence-electron chi connectivity index (χ4n) is 4.32. The van der Waals surface area contributed by atoms with Crippen molar-refractivity contribution in [2.24, 2.45) is 7.05 Å². The van der Waals surface area contributed by atoms with E-state index in [-0.39, 0.29) is 22.3 Å². The van der Waals surface area contributed by atoms with Gasteiger partial charge in [-0.2, -0.15) is 15.1 Å². The Morgan fingerprint density at radius 1 is 1.30 bits per heavy atom. The standard InChI is InChI=1S/C22H27N7O4/c1-28-20-18(12-25-28)19(24-11-17-13-32-14-22(33-17)7-3-8-22)26-21(27-20)23-9-6-15-4-2-5-16(10-15)29(30)31/h2,4-5,10,12,17H,3,6-9,11,13-14H2,1H3,(H2,23,24,26,27). The van der Waals surface area contributed by atoms with Crippen molar-refractivity contribution in [1.82, 2.24) is 19.7 Å². The number of fused-ring (bicyclic) bond motifs is 1. The van der Waals surface area contributed by atoms with Crippen LogP contribution in [0.3, 0.4) is 0 Å². The second-order valence-corrected chi connectivity index (χ2v) is 8.68. The number of non-ortho nitro benzene ring substituents is 1. The highest BCUT2D eigenvalue weighted by atomic mass is 16.6.